The number of amides is 2. The highest BCUT2D eigenvalue weighted by Gasteiger charge is 2.10. The van der Waals surface area contributed by atoms with Crippen molar-refractivity contribution < 1.29 is 9.18 Å². The van der Waals surface area contributed by atoms with Crippen LogP contribution in [-0.2, 0) is 6.54 Å². The van der Waals surface area contributed by atoms with Crippen molar-refractivity contribution in [2.45, 2.75) is 6.54 Å². The first-order valence-electron chi connectivity index (χ1n) is 6.35. The minimum Gasteiger partial charge on any atom is -0.323 e. The number of anilines is 1. The Bertz CT molecular complexity index is 694. The molecule has 0 bridgehead atoms. The lowest BCUT2D eigenvalue weighted by Gasteiger charge is -2.18. The molecule has 2 rings (SSSR count). The highest BCUT2D eigenvalue weighted by atomic mass is 19.1. The number of nitriles is 1. The predicted molar refractivity (Wildman–Crippen MR) is 78.0 cm³/mol. The zero-order valence-electron chi connectivity index (χ0n) is 11.5. The van der Waals surface area contributed by atoms with Crippen LogP contribution in [0.25, 0.3) is 0 Å². The summed E-state index contributed by atoms with van der Waals surface area (Å²) in [5.74, 6) is -0.331. The van der Waals surface area contributed by atoms with Crippen LogP contribution >= 0.6 is 0 Å². The lowest BCUT2D eigenvalue weighted by molar-refractivity contribution is 0.220. The van der Waals surface area contributed by atoms with E-state index in [1.54, 1.807) is 43.4 Å². The van der Waals surface area contributed by atoms with Crippen LogP contribution in [-0.4, -0.2) is 18.0 Å². The first kappa shape index (κ1) is 14.5. The molecule has 0 saturated heterocycles. The smallest absolute Gasteiger partial charge is 0.321 e. The zero-order chi connectivity index (χ0) is 15.2. The normalized spacial score (nSPS) is 9.76. The highest BCUT2D eigenvalue weighted by Crippen LogP contribution is 2.12. The Kier molecular flexibility index (Phi) is 4.52. The summed E-state index contributed by atoms with van der Waals surface area (Å²) in [4.78, 5) is 13.5. The van der Waals surface area contributed by atoms with Gasteiger partial charge >= 0.3 is 6.03 Å². The summed E-state index contributed by atoms with van der Waals surface area (Å²) < 4.78 is 13.1. The molecule has 4 nitrogen and oxygen atoms in total. The fraction of sp³-hybridized carbons (Fsp3) is 0.125. The molecule has 0 spiro atoms. The van der Waals surface area contributed by atoms with E-state index in [9.17, 15) is 9.18 Å². The summed E-state index contributed by atoms with van der Waals surface area (Å²) in [6.45, 7) is 0.293. The van der Waals surface area contributed by atoms with Crippen LogP contribution in [0.3, 0.4) is 0 Å². The van der Waals surface area contributed by atoms with E-state index in [1.165, 1.54) is 17.0 Å². The van der Waals surface area contributed by atoms with Gasteiger partial charge < -0.3 is 10.2 Å². The van der Waals surface area contributed by atoms with Gasteiger partial charge in [-0.15, -0.1) is 0 Å². The number of carbonyl (C=O) groups excluding carboxylic acids is 1. The fourth-order valence-electron chi connectivity index (χ4n) is 1.87. The summed E-state index contributed by atoms with van der Waals surface area (Å²) in [6.07, 6.45) is 0. The lowest BCUT2D eigenvalue weighted by Crippen LogP contribution is -2.30. The van der Waals surface area contributed by atoms with Crippen LogP contribution in [0.1, 0.15) is 11.1 Å². The van der Waals surface area contributed by atoms with Crippen LogP contribution in [0.2, 0.25) is 0 Å². The second kappa shape index (κ2) is 6.53. The van der Waals surface area contributed by atoms with Gasteiger partial charge in [0.15, 0.2) is 0 Å². The van der Waals surface area contributed by atoms with Crippen LogP contribution in [0.5, 0.6) is 0 Å². The largest absolute Gasteiger partial charge is 0.323 e. The molecule has 2 amide bonds. The van der Waals surface area contributed by atoms with Gasteiger partial charge in [-0.2, -0.15) is 5.26 Å². The molecule has 21 heavy (non-hydrogen) atoms. The molecule has 2 aromatic rings. The maximum Gasteiger partial charge on any atom is 0.321 e. The second-order valence-corrected chi connectivity index (χ2v) is 4.61. The van der Waals surface area contributed by atoms with Crippen molar-refractivity contribution in [3.63, 3.8) is 0 Å². The molecule has 0 radical (unpaired) electrons. The molecule has 0 unspecified atom stereocenters. The van der Waals surface area contributed by atoms with Crippen LogP contribution in [0.4, 0.5) is 14.9 Å². The maximum absolute atomic E-state index is 13.1. The molecular weight excluding hydrogens is 269 g/mol. The van der Waals surface area contributed by atoms with Crippen molar-refractivity contribution in [3.05, 3.63) is 65.5 Å². The van der Waals surface area contributed by atoms with Gasteiger partial charge in [0.25, 0.3) is 0 Å². The van der Waals surface area contributed by atoms with Crippen molar-refractivity contribution >= 4 is 11.7 Å². The van der Waals surface area contributed by atoms with E-state index in [0.29, 0.717) is 23.4 Å². The van der Waals surface area contributed by atoms with Crippen molar-refractivity contribution in [1.82, 2.24) is 4.90 Å². The Hall–Kier alpha value is -2.87. The van der Waals surface area contributed by atoms with E-state index in [0.717, 1.165) is 0 Å². The summed E-state index contributed by atoms with van der Waals surface area (Å²) in [7, 11) is 1.62. The Balaban J connectivity index is 2.01. The quantitative estimate of drug-likeness (QED) is 0.939. The third-order valence-corrected chi connectivity index (χ3v) is 2.90. The minimum atomic E-state index is -0.331. The molecule has 0 aliphatic rings. The number of hydrogen-bond donors (Lipinski definition) is 1. The summed E-state index contributed by atoms with van der Waals surface area (Å²) in [5.41, 5.74) is 1.73. The van der Waals surface area contributed by atoms with E-state index in [1.807, 2.05) is 6.07 Å². The number of hydrogen-bond acceptors (Lipinski definition) is 2. The zero-order valence-corrected chi connectivity index (χ0v) is 11.5. The maximum atomic E-state index is 13.1. The van der Waals surface area contributed by atoms with E-state index < -0.39 is 0 Å². The Morgan fingerprint density at radius 2 is 2.05 bits per heavy atom. The number of rotatable bonds is 3. The fourth-order valence-corrected chi connectivity index (χ4v) is 1.87. The predicted octanol–water partition coefficient (Wildman–Crippen LogP) is 3.36. The van der Waals surface area contributed by atoms with Gasteiger partial charge in [0.1, 0.15) is 5.82 Å². The van der Waals surface area contributed by atoms with Crippen LogP contribution in [0, 0.1) is 17.1 Å². The SMILES string of the molecule is CN(Cc1cccc(F)c1)C(=O)Nc1cccc(C#N)c1. The standard InChI is InChI=1S/C16H14FN3O/c1-20(11-13-5-2-6-14(17)8-13)16(21)19-15-7-3-4-12(9-15)10-18/h2-9H,11H2,1H3,(H,19,21). The minimum absolute atomic E-state index is 0.293. The van der Waals surface area contributed by atoms with Crippen molar-refractivity contribution in [1.29, 1.82) is 5.26 Å². The third kappa shape index (κ3) is 4.05. The average molecular weight is 283 g/mol. The lowest BCUT2D eigenvalue weighted by atomic mass is 10.2. The van der Waals surface area contributed by atoms with Crippen LogP contribution in [0.15, 0.2) is 48.5 Å². The van der Waals surface area contributed by atoms with E-state index in [-0.39, 0.29) is 11.8 Å². The number of nitrogens with one attached hydrogen (secondary N) is 1. The molecule has 0 aliphatic carbocycles. The molecule has 5 heteroatoms. The second-order valence-electron chi connectivity index (χ2n) is 4.61. The molecule has 0 aliphatic heterocycles. The number of urea groups is 1. The van der Waals surface area contributed by atoms with Gasteiger partial charge in [-0.1, -0.05) is 18.2 Å². The van der Waals surface area contributed by atoms with Gasteiger partial charge in [0.05, 0.1) is 11.6 Å². The van der Waals surface area contributed by atoms with Gasteiger partial charge in [0, 0.05) is 19.3 Å². The monoisotopic (exact) mass is 283 g/mol. The molecule has 0 heterocycles. The van der Waals surface area contributed by atoms with Crippen molar-refractivity contribution in [2.75, 3.05) is 12.4 Å². The molecule has 1 N–H and O–H groups in total. The number of benzene rings is 2. The molecule has 2 aromatic carbocycles. The van der Waals surface area contributed by atoms with Gasteiger partial charge in [0.2, 0.25) is 0 Å². The molecule has 0 saturated carbocycles. The summed E-state index contributed by atoms with van der Waals surface area (Å²) in [5, 5.41) is 11.5. The molecule has 106 valence electrons. The first-order chi connectivity index (χ1) is 10.1. The molecule has 0 atom stereocenters. The van der Waals surface area contributed by atoms with Gasteiger partial charge in [-0.25, -0.2) is 9.18 Å². The first-order valence-corrected chi connectivity index (χ1v) is 6.35. The van der Waals surface area contributed by atoms with Crippen LogP contribution < -0.4 is 5.32 Å². The van der Waals surface area contributed by atoms with E-state index in [2.05, 4.69) is 5.32 Å². The number of halogens is 1. The van der Waals surface area contributed by atoms with E-state index in [4.69, 9.17) is 5.26 Å². The number of nitrogens with zero attached hydrogens (tertiary/aromatic N) is 2. The van der Waals surface area contributed by atoms with Gasteiger partial charge in [-0.05, 0) is 35.9 Å². The number of carbonyl (C=O) groups is 1. The molecule has 0 fully saturated rings. The topological polar surface area (TPSA) is 56.1 Å². The average Bonchev–Trinajstić information content (AvgIpc) is 2.47. The Morgan fingerprint density at radius 3 is 2.76 bits per heavy atom. The molecular formula is C16H14FN3O. The summed E-state index contributed by atoms with van der Waals surface area (Å²) in [6, 6.07) is 14.4. The van der Waals surface area contributed by atoms with Crippen molar-refractivity contribution in [2.24, 2.45) is 0 Å². The van der Waals surface area contributed by atoms with Gasteiger partial charge in [-0.3, -0.25) is 0 Å². The molecule has 0 aromatic heterocycles. The van der Waals surface area contributed by atoms with E-state index >= 15 is 0 Å². The third-order valence-electron chi connectivity index (χ3n) is 2.90. The highest BCUT2D eigenvalue weighted by molar-refractivity contribution is 5.89. The Labute approximate surface area is 122 Å². The van der Waals surface area contributed by atoms with Crippen molar-refractivity contribution in [3.8, 4) is 6.07 Å². The Morgan fingerprint density at radius 1 is 1.29 bits per heavy atom. The summed E-state index contributed by atoms with van der Waals surface area (Å²) >= 11 is 0.